The van der Waals surface area contributed by atoms with Crippen molar-refractivity contribution in [2.45, 2.75) is 0 Å². The maximum atomic E-state index is 7.55. The van der Waals surface area contributed by atoms with Crippen molar-refractivity contribution in [1.82, 2.24) is 9.13 Å². The van der Waals surface area contributed by atoms with Crippen LogP contribution in [0.15, 0.2) is 127 Å². The standard InChI is InChI=1S/C37H21N3S/c1-38-23-20-21-35-29(22-23)28-14-9-19-34(37(28)41-35)40-32-17-7-4-12-26(32)27-13-8-18-33(36(27)40)39-30-15-5-2-10-24(30)25-11-3-6-16-31(25)39/h2-22H. The first-order chi connectivity index (χ1) is 20.3. The fraction of sp³-hybridized carbons (Fsp3) is 0. The number of para-hydroxylation sites is 4. The second-order valence-electron chi connectivity index (χ2n) is 10.4. The Labute approximate surface area is 239 Å². The highest BCUT2D eigenvalue weighted by atomic mass is 32.1. The molecule has 0 bridgehead atoms. The van der Waals surface area contributed by atoms with Crippen molar-refractivity contribution in [2.75, 3.05) is 0 Å². The molecule has 0 spiro atoms. The van der Waals surface area contributed by atoms with Gasteiger partial charge in [-0.3, -0.25) is 0 Å². The second-order valence-corrected chi connectivity index (χ2v) is 11.5. The summed E-state index contributed by atoms with van der Waals surface area (Å²) in [5.74, 6) is 0. The summed E-state index contributed by atoms with van der Waals surface area (Å²) in [5, 5.41) is 7.30. The summed E-state index contributed by atoms with van der Waals surface area (Å²) in [4.78, 5) is 3.70. The molecule has 0 aliphatic rings. The first kappa shape index (κ1) is 22.4. The fourth-order valence-electron chi connectivity index (χ4n) is 6.63. The van der Waals surface area contributed by atoms with Crippen LogP contribution in [-0.4, -0.2) is 9.13 Å². The number of hydrogen-bond acceptors (Lipinski definition) is 1. The smallest absolute Gasteiger partial charge is 0.187 e. The van der Waals surface area contributed by atoms with Crippen molar-refractivity contribution >= 4 is 80.8 Å². The maximum absolute atomic E-state index is 7.55. The fourth-order valence-corrected chi connectivity index (χ4v) is 7.82. The summed E-state index contributed by atoms with van der Waals surface area (Å²) in [6.07, 6.45) is 0. The molecular weight excluding hydrogens is 518 g/mol. The van der Waals surface area contributed by atoms with Gasteiger partial charge in [-0.1, -0.05) is 91.0 Å². The first-order valence-corrected chi connectivity index (χ1v) is 14.5. The van der Waals surface area contributed by atoms with Gasteiger partial charge in [0, 0.05) is 31.6 Å². The summed E-state index contributed by atoms with van der Waals surface area (Å²) < 4.78 is 7.31. The molecule has 0 fully saturated rings. The van der Waals surface area contributed by atoms with Crippen LogP contribution in [-0.2, 0) is 0 Å². The van der Waals surface area contributed by atoms with Gasteiger partial charge in [0.2, 0.25) is 0 Å². The SMILES string of the molecule is [C-]#[N+]c1ccc2sc3c(-n4c5ccccc5c5cccc(-n6c7ccccc7c7ccccc76)c54)cccc3c2c1. The van der Waals surface area contributed by atoms with Gasteiger partial charge in [0.05, 0.1) is 44.7 Å². The lowest BCUT2D eigenvalue weighted by Gasteiger charge is -2.15. The van der Waals surface area contributed by atoms with Gasteiger partial charge < -0.3 is 9.13 Å². The van der Waals surface area contributed by atoms with Crippen molar-refractivity contribution in [3.05, 3.63) is 139 Å². The van der Waals surface area contributed by atoms with Crippen LogP contribution in [0.25, 0.3) is 80.0 Å². The highest BCUT2D eigenvalue weighted by Crippen LogP contribution is 2.44. The van der Waals surface area contributed by atoms with Crippen molar-refractivity contribution in [3.8, 4) is 11.4 Å². The van der Waals surface area contributed by atoms with Crippen molar-refractivity contribution < 1.29 is 0 Å². The third-order valence-electron chi connectivity index (χ3n) is 8.32. The number of aromatic nitrogens is 2. The first-order valence-electron chi connectivity index (χ1n) is 13.7. The minimum Gasteiger partial charge on any atom is -0.307 e. The summed E-state index contributed by atoms with van der Waals surface area (Å²) in [5.41, 5.74) is 7.76. The van der Waals surface area contributed by atoms with Gasteiger partial charge in [-0.2, -0.15) is 0 Å². The van der Waals surface area contributed by atoms with E-state index in [-0.39, 0.29) is 0 Å². The van der Waals surface area contributed by atoms with Crippen LogP contribution < -0.4 is 0 Å². The van der Waals surface area contributed by atoms with Gasteiger partial charge in [0.15, 0.2) is 5.69 Å². The van der Waals surface area contributed by atoms with Crippen LogP contribution in [0.4, 0.5) is 5.69 Å². The molecule has 3 heterocycles. The maximum Gasteiger partial charge on any atom is 0.187 e. The van der Waals surface area contributed by atoms with E-state index >= 15 is 0 Å². The average molecular weight is 540 g/mol. The number of thiophene rings is 1. The van der Waals surface area contributed by atoms with Crippen LogP contribution in [0.3, 0.4) is 0 Å². The molecule has 4 heteroatoms. The summed E-state index contributed by atoms with van der Waals surface area (Å²) in [7, 11) is 0. The number of hydrogen-bond donors (Lipinski definition) is 0. The predicted octanol–water partition coefficient (Wildman–Crippen LogP) is 10.8. The Hall–Kier alpha value is -5.37. The van der Waals surface area contributed by atoms with Gasteiger partial charge in [0.25, 0.3) is 0 Å². The molecule has 0 saturated carbocycles. The zero-order chi connectivity index (χ0) is 27.1. The normalized spacial score (nSPS) is 11.9. The van der Waals surface area contributed by atoms with E-state index in [1.165, 1.54) is 58.4 Å². The molecule has 41 heavy (non-hydrogen) atoms. The van der Waals surface area contributed by atoms with E-state index in [2.05, 4.69) is 129 Å². The average Bonchev–Trinajstić information content (AvgIpc) is 3.68. The van der Waals surface area contributed by atoms with Gasteiger partial charge in [0.1, 0.15) is 0 Å². The molecule has 3 nitrogen and oxygen atoms in total. The lowest BCUT2D eigenvalue weighted by atomic mass is 10.1. The van der Waals surface area contributed by atoms with E-state index in [0.717, 1.165) is 16.8 Å². The van der Waals surface area contributed by atoms with Gasteiger partial charge in [-0.25, -0.2) is 4.85 Å². The van der Waals surface area contributed by atoms with E-state index in [1.54, 1.807) is 11.3 Å². The molecule has 0 aliphatic carbocycles. The Bertz CT molecular complexity index is 2500. The Morgan fingerprint density at radius 2 is 1.05 bits per heavy atom. The summed E-state index contributed by atoms with van der Waals surface area (Å²) in [6.45, 7) is 7.55. The summed E-state index contributed by atoms with van der Waals surface area (Å²) in [6, 6.07) is 45.4. The molecule has 6 aromatic carbocycles. The predicted molar refractivity (Wildman–Crippen MR) is 174 cm³/mol. The van der Waals surface area contributed by atoms with Gasteiger partial charge >= 0.3 is 0 Å². The van der Waals surface area contributed by atoms with Crippen LogP contribution in [0.5, 0.6) is 0 Å². The molecule has 190 valence electrons. The number of benzene rings is 6. The Morgan fingerprint density at radius 1 is 0.488 bits per heavy atom. The lowest BCUT2D eigenvalue weighted by molar-refractivity contribution is 1.14. The Balaban J connectivity index is 1.48. The number of fused-ring (bicyclic) bond motifs is 9. The van der Waals surface area contributed by atoms with Crippen molar-refractivity contribution in [1.29, 1.82) is 0 Å². The minimum atomic E-state index is 0.674. The second kappa shape index (κ2) is 8.32. The molecule has 0 amide bonds. The highest BCUT2D eigenvalue weighted by Gasteiger charge is 2.21. The van der Waals surface area contributed by atoms with E-state index in [0.29, 0.717) is 5.69 Å². The van der Waals surface area contributed by atoms with Gasteiger partial charge in [-0.15, -0.1) is 11.3 Å². The Kier molecular flexibility index (Phi) is 4.55. The van der Waals surface area contributed by atoms with Crippen LogP contribution >= 0.6 is 11.3 Å². The monoisotopic (exact) mass is 539 g/mol. The van der Waals surface area contributed by atoms with E-state index in [4.69, 9.17) is 6.57 Å². The van der Waals surface area contributed by atoms with Crippen LogP contribution in [0.1, 0.15) is 0 Å². The molecule has 0 radical (unpaired) electrons. The molecule has 9 aromatic rings. The topological polar surface area (TPSA) is 14.2 Å². The largest absolute Gasteiger partial charge is 0.307 e. The molecule has 0 atom stereocenters. The van der Waals surface area contributed by atoms with Crippen LogP contribution in [0.2, 0.25) is 0 Å². The Morgan fingerprint density at radius 3 is 1.73 bits per heavy atom. The summed E-state index contributed by atoms with van der Waals surface area (Å²) >= 11 is 1.80. The molecule has 0 N–H and O–H groups in total. The molecule has 3 aromatic heterocycles. The molecule has 0 unspecified atom stereocenters. The number of nitrogens with zero attached hydrogens (tertiary/aromatic N) is 3. The number of rotatable bonds is 2. The van der Waals surface area contributed by atoms with Crippen molar-refractivity contribution in [2.24, 2.45) is 0 Å². The zero-order valence-corrected chi connectivity index (χ0v) is 22.7. The minimum absolute atomic E-state index is 0.674. The molecule has 9 rings (SSSR count). The van der Waals surface area contributed by atoms with Crippen molar-refractivity contribution in [3.63, 3.8) is 0 Å². The van der Waals surface area contributed by atoms with E-state index in [1.807, 2.05) is 12.1 Å². The molecular formula is C37H21N3S. The van der Waals surface area contributed by atoms with E-state index < -0.39 is 0 Å². The lowest BCUT2D eigenvalue weighted by Crippen LogP contribution is -2.00. The molecule has 0 aliphatic heterocycles. The van der Waals surface area contributed by atoms with Crippen LogP contribution in [0, 0.1) is 6.57 Å². The van der Waals surface area contributed by atoms with E-state index in [9.17, 15) is 0 Å². The zero-order valence-electron chi connectivity index (χ0n) is 21.9. The van der Waals surface area contributed by atoms with Gasteiger partial charge in [-0.05, 0) is 41.8 Å². The third-order valence-corrected chi connectivity index (χ3v) is 9.53. The third kappa shape index (κ3) is 3.01. The molecule has 0 saturated heterocycles. The quantitative estimate of drug-likeness (QED) is 0.194. The highest BCUT2D eigenvalue weighted by molar-refractivity contribution is 7.26.